The number of alkyl halides is 3. The van der Waals surface area contributed by atoms with Gasteiger partial charge in [0.15, 0.2) is 0 Å². The molecule has 1 aromatic carbocycles. The topological polar surface area (TPSA) is 111 Å². The number of halogens is 4. The van der Waals surface area contributed by atoms with Gasteiger partial charge in [-0.15, -0.1) is 0 Å². The zero-order valence-corrected chi connectivity index (χ0v) is 17.2. The van der Waals surface area contributed by atoms with Crippen molar-refractivity contribution < 1.29 is 51.9 Å². The molecule has 30 heavy (non-hydrogen) atoms. The summed E-state index contributed by atoms with van der Waals surface area (Å²) in [5.74, 6) is -1.40. The second-order valence-electron chi connectivity index (χ2n) is 6.05. The van der Waals surface area contributed by atoms with E-state index in [1.54, 1.807) is 13.0 Å². The molecule has 1 N–H and O–H groups in total. The third-order valence-corrected chi connectivity index (χ3v) is 4.14. The average molecular weight is 499 g/mol. The summed E-state index contributed by atoms with van der Waals surface area (Å²) in [6.07, 6.45) is -8.52. The lowest BCUT2D eigenvalue weighted by atomic mass is 9.99. The van der Waals surface area contributed by atoms with Gasteiger partial charge in [0.25, 0.3) is 0 Å². The number of aryl methyl sites for hydroxylation is 1. The highest BCUT2D eigenvalue weighted by Crippen LogP contribution is 2.40. The summed E-state index contributed by atoms with van der Waals surface area (Å²) in [6, 6.07) is 3.05. The average Bonchev–Trinajstić information content (AvgIpc) is 2.64. The fourth-order valence-corrected chi connectivity index (χ4v) is 3.01. The fraction of sp³-hybridized carbons (Fsp3) is 0.412. The van der Waals surface area contributed by atoms with Gasteiger partial charge in [0.1, 0.15) is 12.4 Å². The van der Waals surface area contributed by atoms with Gasteiger partial charge in [0.05, 0.1) is 10.5 Å². The Morgan fingerprint density at radius 3 is 2.60 bits per heavy atom. The van der Waals surface area contributed by atoms with Crippen LogP contribution in [0.4, 0.5) is 18.0 Å². The van der Waals surface area contributed by atoms with Crippen LogP contribution in [0, 0.1) is 11.8 Å². The first-order valence-electron chi connectivity index (χ1n) is 8.27. The van der Waals surface area contributed by atoms with Crippen molar-refractivity contribution in [3.05, 3.63) is 38.2 Å². The van der Waals surface area contributed by atoms with Crippen LogP contribution in [0.25, 0.3) is 6.08 Å². The van der Waals surface area contributed by atoms with Gasteiger partial charge in [0.2, 0.25) is 24.3 Å². The molecule has 0 bridgehead atoms. The van der Waals surface area contributed by atoms with E-state index in [0.29, 0.717) is 10.0 Å². The van der Waals surface area contributed by atoms with Crippen LogP contribution < -0.4 is 10.1 Å². The lowest BCUT2D eigenvalue weighted by Crippen LogP contribution is -2.65. The maximum atomic E-state index is 13.4. The summed E-state index contributed by atoms with van der Waals surface area (Å²) in [7, 11) is 0. The first-order valence-corrected chi connectivity index (χ1v) is 9.06. The molecule has 1 aliphatic heterocycles. The lowest BCUT2D eigenvalue weighted by Gasteiger charge is -2.28. The molecule has 13 heteroatoms. The zero-order chi connectivity index (χ0) is 22.5. The molecule has 0 aliphatic carbocycles. The number of hydrogen-bond acceptors (Lipinski definition) is 8. The van der Waals surface area contributed by atoms with Gasteiger partial charge in [-0.05, 0) is 37.6 Å². The van der Waals surface area contributed by atoms with Crippen molar-refractivity contribution in [2.75, 3.05) is 13.4 Å². The number of esters is 1. The van der Waals surface area contributed by atoms with Crippen LogP contribution in [0.5, 0.6) is 5.75 Å². The van der Waals surface area contributed by atoms with Crippen LogP contribution in [0.15, 0.2) is 22.2 Å². The van der Waals surface area contributed by atoms with E-state index < -0.39 is 42.9 Å². The minimum Gasteiger partial charge on any atom is -0.475 e. The van der Waals surface area contributed by atoms with Crippen LogP contribution in [-0.4, -0.2) is 43.9 Å². The predicted octanol–water partition coefficient (Wildman–Crippen LogP) is 2.29. The number of benzene rings is 1. The maximum Gasteiger partial charge on any atom is 0.511 e. The smallest absolute Gasteiger partial charge is 0.475 e. The molecule has 0 spiro atoms. The molecule has 0 amide bonds. The van der Waals surface area contributed by atoms with E-state index in [9.17, 15) is 27.7 Å². The van der Waals surface area contributed by atoms with Crippen molar-refractivity contribution >= 4 is 34.1 Å². The van der Waals surface area contributed by atoms with E-state index in [0.717, 1.165) is 11.4 Å². The summed E-state index contributed by atoms with van der Waals surface area (Å²) in [5, 5.41) is 1.15. The Bertz CT molecular complexity index is 858. The fourth-order valence-electron chi connectivity index (χ4n) is 2.42. The Hall–Kier alpha value is -2.83. The van der Waals surface area contributed by atoms with Crippen LogP contribution in [0.2, 0.25) is 0 Å². The summed E-state index contributed by atoms with van der Waals surface area (Å²) in [4.78, 5) is 37.9. The van der Waals surface area contributed by atoms with Crippen molar-refractivity contribution in [2.24, 2.45) is 0 Å². The van der Waals surface area contributed by atoms with E-state index in [1.807, 2.05) is 0 Å². The van der Waals surface area contributed by atoms with E-state index in [4.69, 9.17) is 4.74 Å². The third-order valence-electron chi connectivity index (χ3n) is 3.68. The van der Waals surface area contributed by atoms with Gasteiger partial charge in [-0.2, -0.15) is 13.2 Å². The molecule has 1 aliphatic rings. The van der Waals surface area contributed by atoms with Crippen molar-refractivity contribution in [2.45, 2.75) is 32.2 Å². The summed E-state index contributed by atoms with van der Waals surface area (Å²) in [6.45, 7) is 1.61. The van der Waals surface area contributed by atoms with E-state index in [-0.39, 0.29) is 17.9 Å². The largest absolute Gasteiger partial charge is 0.511 e. The van der Waals surface area contributed by atoms with Gasteiger partial charge in [-0.1, -0.05) is 15.9 Å². The molecule has 1 aromatic rings. The second-order valence-corrected chi connectivity index (χ2v) is 6.96. The number of ether oxygens (including phenoxy) is 4. The SMILES string of the molecule is Cc1cc(Br)cc2c1O[C@H](C(F)(F)F)C(C(=O)OCOC(=O)OCC(C)O[NH+]=O)=C2. The molecule has 1 heterocycles. The molecule has 1 unspecified atom stereocenters. The van der Waals surface area contributed by atoms with Crippen LogP contribution in [0.1, 0.15) is 18.1 Å². The predicted molar refractivity (Wildman–Crippen MR) is 95.6 cm³/mol. The number of carbonyl (C=O) groups excluding carboxylic acids is 2. The first kappa shape index (κ1) is 23.4. The molecule has 0 saturated heterocycles. The Balaban J connectivity index is 2.05. The van der Waals surface area contributed by atoms with E-state index >= 15 is 0 Å². The third kappa shape index (κ3) is 6.08. The molecule has 0 radical (unpaired) electrons. The molecule has 0 aromatic heterocycles. The number of rotatable bonds is 7. The second kappa shape index (κ2) is 9.78. The Morgan fingerprint density at radius 1 is 1.27 bits per heavy atom. The molecule has 164 valence electrons. The number of carbonyl (C=O) groups is 2. The first-order chi connectivity index (χ1) is 14.0. The maximum absolute atomic E-state index is 13.4. The van der Waals surface area contributed by atoms with Crippen LogP contribution in [-0.2, 0) is 23.8 Å². The molecular weight excluding hydrogens is 483 g/mol. The lowest BCUT2D eigenvalue weighted by molar-refractivity contribution is -0.780. The molecular formula is C17H16BrF3NO8+. The number of fused-ring (bicyclic) bond motifs is 1. The van der Waals surface area contributed by atoms with E-state index in [1.165, 1.54) is 13.0 Å². The molecule has 2 atom stereocenters. The summed E-state index contributed by atoms with van der Waals surface area (Å²) in [5.41, 5.74) is -0.127. The van der Waals surface area contributed by atoms with Crippen molar-refractivity contribution in [3.63, 3.8) is 0 Å². The van der Waals surface area contributed by atoms with Gasteiger partial charge in [-0.3, -0.25) is 0 Å². The van der Waals surface area contributed by atoms with Crippen LogP contribution >= 0.6 is 15.9 Å². The minimum atomic E-state index is -4.90. The highest BCUT2D eigenvalue weighted by molar-refractivity contribution is 9.10. The van der Waals surface area contributed by atoms with Gasteiger partial charge < -0.3 is 18.9 Å². The Kier molecular flexibility index (Phi) is 7.65. The van der Waals surface area contributed by atoms with Gasteiger partial charge in [-0.25, -0.2) is 14.4 Å². The molecule has 2 rings (SSSR count). The van der Waals surface area contributed by atoms with E-state index in [2.05, 4.69) is 35.0 Å². The zero-order valence-electron chi connectivity index (χ0n) is 15.6. The van der Waals surface area contributed by atoms with Crippen LogP contribution in [0.3, 0.4) is 0 Å². The minimum absolute atomic E-state index is 0.0131. The quantitative estimate of drug-likeness (QED) is 0.346. The number of nitrogens with one attached hydrogen (secondary N) is 1. The highest BCUT2D eigenvalue weighted by Gasteiger charge is 2.49. The highest BCUT2D eigenvalue weighted by atomic mass is 79.9. The van der Waals surface area contributed by atoms with Gasteiger partial charge >= 0.3 is 18.3 Å². The standard InChI is InChI=1S/C17H16BrF3NO8/c1-8-3-11(18)4-10-5-12(14(17(19,20)21)29-13(8)10)15(23)27-7-28-16(24)26-6-9(2)30-22-25/h3-5,9,14,22H,6-7H2,1-2H3/q+1/t9?,14-/m0/s1. The summed E-state index contributed by atoms with van der Waals surface area (Å²) >= 11 is 3.22. The normalized spacial score (nSPS) is 16.3. The Labute approximate surface area is 176 Å². The number of hydrogen-bond donors (Lipinski definition) is 1. The van der Waals surface area contributed by atoms with Gasteiger partial charge in [0, 0.05) is 10.0 Å². The Morgan fingerprint density at radius 2 is 1.97 bits per heavy atom. The molecule has 0 saturated carbocycles. The van der Waals surface area contributed by atoms with Crippen molar-refractivity contribution in [1.29, 1.82) is 0 Å². The van der Waals surface area contributed by atoms with Crippen molar-refractivity contribution in [1.82, 2.24) is 0 Å². The molecule has 0 fully saturated rings. The van der Waals surface area contributed by atoms with Crippen molar-refractivity contribution in [3.8, 4) is 5.75 Å². The molecule has 9 nitrogen and oxygen atoms in total. The monoisotopic (exact) mass is 498 g/mol. The summed E-state index contributed by atoms with van der Waals surface area (Å²) < 4.78 is 59.5.